The number of allylic oxidation sites excluding steroid dienone is 1. The highest BCUT2D eigenvalue weighted by molar-refractivity contribution is 5.90. The van der Waals surface area contributed by atoms with Crippen molar-refractivity contribution in [3.05, 3.63) is 60.2 Å². The minimum absolute atomic E-state index is 0.149. The predicted molar refractivity (Wildman–Crippen MR) is 135 cm³/mol. The highest BCUT2D eigenvalue weighted by Crippen LogP contribution is 2.36. The van der Waals surface area contributed by atoms with Gasteiger partial charge in [0.2, 0.25) is 6.29 Å². The molecule has 2 aliphatic rings. The van der Waals surface area contributed by atoms with Crippen molar-refractivity contribution in [3.63, 3.8) is 0 Å². The van der Waals surface area contributed by atoms with Crippen LogP contribution < -0.4 is 0 Å². The average Bonchev–Trinajstić information content (AvgIpc) is 2.95. The van der Waals surface area contributed by atoms with E-state index in [0.29, 0.717) is 12.2 Å². The molecule has 8 atom stereocenters. The number of aliphatic hydroxyl groups is 4. The van der Waals surface area contributed by atoms with Gasteiger partial charge in [-0.2, -0.15) is 0 Å². The first kappa shape index (κ1) is 30.4. The fourth-order valence-corrected chi connectivity index (χ4v) is 4.18. The zero-order valence-corrected chi connectivity index (χ0v) is 21.8. The van der Waals surface area contributed by atoms with E-state index in [1.807, 2.05) is 6.92 Å². The molecule has 3 heterocycles. The van der Waals surface area contributed by atoms with E-state index >= 15 is 0 Å². The Labute approximate surface area is 226 Å². The fourth-order valence-electron chi connectivity index (χ4n) is 4.18. The standard InChI is InChI=1S/C27H35NO11/c1-4-6-9-36-24(33)16-10-15(11-28-12-16)7-8-18-17(5-2)26(37-14-19(18)25(34)35-3)39-27-23(32)22(31)21(30)20(13-29)38-27/h5,7-8,10-12,14,17-18,20-23,26-27,29-32H,2,4,6,9,13H2,1,3H3/b8-7+/t17-,18+,20-,21-,22+,23-,26+,27+/m1/s1. The molecule has 2 aliphatic heterocycles. The summed E-state index contributed by atoms with van der Waals surface area (Å²) < 4.78 is 27.0. The van der Waals surface area contributed by atoms with E-state index in [1.54, 1.807) is 18.2 Å². The molecule has 1 aromatic heterocycles. The van der Waals surface area contributed by atoms with Crippen molar-refractivity contribution in [2.45, 2.75) is 56.8 Å². The van der Waals surface area contributed by atoms with Crippen molar-refractivity contribution in [1.82, 2.24) is 4.98 Å². The normalized spacial score (nSPS) is 30.8. The van der Waals surface area contributed by atoms with Gasteiger partial charge in [0, 0.05) is 18.3 Å². The van der Waals surface area contributed by atoms with E-state index in [0.717, 1.165) is 19.1 Å². The summed E-state index contributed by atoms with van der Waals surface area (Å²) in [6, 6.07) is 1.60. The Kier molecular flexibility index (Phi) is 11.2. The number of hydrogen-bond donors (Lipinski definition) is 4. The van der Waals surface area contributed by atoms with Crippen molar-refractivity contribution < 1.29 is 53.7 Å². The number of pyridine rings is 1. The molecule has 0 radical (unpaired) electrons. The maximum Gasteiger partial charge on any atom is 0.339 e. The Balaban J connectivity index is 1.84. The summed E-state index contributed by atoms with van der Waals surface area (Å²) in [5.74, 6) is -2.57. The first-order valence-electron chi connectivity index (χ1n) is 12.6. The first-order chi connectivity index (χ1) is 18.7. The molecule has 12 heteroatoms. The van der Waals surface area contributed by atoms with Crippen LogP contribution in [0.5, 0.6) is 0 Å². The van der Waals surface area contributed by atoms with Gasteiger partial charge in [-0.25, -0.2) is 9.59 Å². The zero-order valence-electron chi connectivity index (χ0n) is 21.8. The fraction of sp³-hybridized carbons (Fsp3) is 0.519. The van der Waals surface area contributed by atoms with Gasteiger partial charge in [0.05, 0.1) is 43.6 Å². The third-order valence-electron chi connectivity index (χ3n) is 6.45. The summed E-state index contributed by atoms with van der Waals surface area (Å²) in [6.07, 6.45) is 1.91. The van der Waals surface area contributed by atoms with Crippen molar-refractivity contribution in [3.8, 4) is 0 Å². The van der Waals surface area contributed by atoms with Gasteiger partial charge < -0.3 is 44.1 Å². The van der Waals surface area contributed by atoms with E-state index < -0.39 is 67.4 Å². The number of ether oxygens (including phenoxy) is 5. The number of nitrogens with zero attached hydrogens (tertiary/aromatic N) is 1. The maximum absolute atomic E-state index is 12.5. The monoisotopic (exact) mass is 549 g/mol. The van der Waals surface area contributed by atoms with Crippen LogP contribution >= 0.6 is 0 Å². The summed E-state index contributed by atoms with van der Waals surface area (Å²) >= 11 is 0. The van der Waals surface area contributed by atoms with E-state index in [2.05, 4.69) is 11.6 Å². The van der Waals surface area contributed by atoms with Crippen molar-refractivity contribution in [2.24, 2.45) is 11.8 Å². The highest BCUT2D eigenvalue weighted by Gasteiger charge is 2.47. The molecule has 1 saturated heterocycles. The lowest BCUT2D eigenvalue weighted by atomic mass is 9.83. The second-order valence-electron chi connectivity index (χ2n) is 9.10. The number of hydrogen-bond acceptors (Lipinski definition) is 12. The number of aliphatic hydroxyl groups excluding tert-OH is 4. The molecule has 0 aliphatic carbocycles. The maximum atomic E-state index is 12.5. The molecular weight excluding hydrogens is 514 g/mol. The molecule has 1 fully saturated rings. The first-order valence-corrected chi connectivity index (χ1v) is 12.6. The summed E-state index contributed by atoms with van der Waals surface area (Å²) in [7, 11) is 1.22. The van der Waals surface area contributed by atoms with Crippen LogP contribution in [0.3, 0.4) is 0 Å². The lowest BCUT2D eigenvalue weighted by molar-refractivity contribution is -0.338. The summed E-state index contributed by atoms with van der Waals surface area (Å²) in [4.78, 5) is 28.9. The third-order valence-corrected chi connectivity index (χ3v) is 6.45. The topological polar surface area (TPSA) is 174 Å². The van der Waals surface area contributed by atoms with Gasteiger partial charge in [-0.3, -0.25) is 4.98 Å². The van der Waals surface area contributed by atoms with Gasteiger partial charge in [0.25, 0.3) is 0 Å². The van der Waals surface area contributed by atoms with Crippen LogP contribution in [-0.4, -0.2) is 94.7 Å². The Hall–Kier alpha value is -3.13. The van der Waals surface area contributed by atoms with Gasteiger partial charge in [-0.05, 0) is 18.1 Å². The molecule has 1 aromatic rings. The number of rotatable bonds is 11. The van der Waals surface area contributed by atoms with E-state index in [1.165, 1.54) is 25.6 Å². The quantitative estimate of drug-likeness (QED) is 0.173. The van der Waals surface area contributed by atoms with Crippen LogP contribution in [0.25, 0.3) is 6.08 Å². The second kappa shape index (κ2) is 14.3. The van der Waals surface area contributed by atoms with E-state index in [9.17, 15) is 30.0 Å². The van der Waals surface area contributed by atoms with Gasteiger partial charge in [0.15, 0.2) is 6.29 Å². The Bertz CT molecular complexity index is 1060. The van der Waals surface area contributed by atoms with Crippen molar-refractivity contribution in [1.29, 1.82) is 0 Å². The molecule has 3 rings (SSSR count). The van der Waals surface area contributed by atoms with Crippen molar-refractivity contribution >= 4 is 18.0 Å². The average molecular weight is 550 g/mol. The Morgan fingerprint density at radius 3 is 2.56 bits per heavy atom. The van der Waals surface area contributed by atoms with Crippen LogP contribution in [0.2, 0.25) is 0 Å². The summed E-state index contributed by atoms with van der Waals surface area (Å²) in [5.41, 5.74) is 0.980. The van der Waals surface area contributed by atoms with Gasteiger partial charge in [0.1, 0.15) is 24.4 Å². The number of aromatic nitrogens is 1. The van der Waals surface area contributed by atoms with Gasteiger partial charge in [-0.15, -0.1) is 6.58 Å². The molecule has 214 valence electrons. The molecule has 12 nitrogen and oxygen atoms in total. The molecule has 0 saturated carbocycles. The predicted octanol–water partition coefficient (Wildman–Crippen LogP) is 0.700. The summed E-state index contributed by atoms with van der Waals surface area (Å²) in [5, 5.41) is 40.0. The molecule has 0 amide bonds. The van der Waals surface area contributed by atoms with Crippen molar-refractivity contribution in [2.75, 3.05) is 20.3 Å². The van der Waals surface area contributed by atoms with Crippen LogP contribution in [0.4, 0.5) is 0 Å². The molecule has 4 N–H and O–H groups in total. The zero-order chi connectivity index (χ0) is 28.5. The number of carbonyl (C=O) groups is 2. The molecular formula is C27H35NO11. The van der Waals surface area contributed by atoms with Gasteiger partial charge in [-0.1, -0.05) is 31.6 Å². The van der Waals surface area contributed by atoms with E-state index in [-0.39, 0.29) is 11.1 Å². The molecule has 0 bridgehead atoms. The molecule has 0 unspecified atom stereocenters. The SMILES string of the molecule is C=C[C@H]1[C@H](O[C@@H]2O[C@H](CO)[C@@H](O)[C@H](O)[C@H]2O)OC=C(C(=O)OC)[C@H]1/C=C/c1cncc(C(=O)OCCCC)c1. The Morgan fingerprint density at radius 2 is 1.90 bits per heavy atom. The molecule has 0 spiro atoms. The smallest absolute Gasteiger partial charge is 0.339 e. The molecule has 39 heavy (non-hydrogen) atoms. The number of carbonyl (C=O) groups excluding carboxylic acids is 2. The number of methoxy groups -OCH3 is 1. The minimum atomic E-state index is -1.65. The summed E-state index contributed by atoms with van der Waals surface area (Å²) in [6.45, 7) is 5.49. The minimum Gasteiger partial charge on any atom is -0.471 e. The van der Waals surface area contributed by atoms with Crippen LogP contribution in [0.15, 0.2) is 49.0 Å². The largest absolute Gasteiger partial charge is 0.471 e. The second-order valence-corrected chi connectivity index (χ2v) is 9.10. The Morgan fingerprint density at radius 1 is 1.13 bits per heavy atom. The lowest BCUT2D eigenvalue weighted by Crippen LogP contribution is -2.60. The van der Waals surface area contributed by atoms with Crippen LogP contribution in [0.1, 0.15) is 35.7 Å². The van der Waals surface area contributed by atoms with Gasteiger partial charge >= 0.3 is 11.9 Å². The lowest BCUT2D eigenvalue weighted by Gasteiger charge is -2.42. The van der Waals surface area contributed by atoms with Crippen LogP contribution in [-0.2, 0) is 28.5 Å². The third kappa shape index (κ3) is 7.29. The number of esters is 2. The molecule has 0 aromatic carbocycles. The highest BCUT2D eigenvalue weighted by atomic mass is 16.8. The number of unbranched alkanes of at least 4 members (excludes halogenated alkanes) is 1. The van der Waals surface area contributed by atoms with E-state index in [4.69, 9.17) is 23.7 Å². The van der Waals surface area contributed by atoms with Crippen LogP contribution in [0, 0.1) is 11.8 Å².